The summed E-state index contributed by atoms with van der Waals surface area (Å²) in [7, 11) is 0. The Balaban J connectivity index is 2.30. The van der Waals surface area contributed by atoms with E-state index in [0.717, 1.165) is 24.2 Å². The van der Waals surface area contributed by atoms with E-state index in [1.54, 1.807) is 0 Å². The first-order valence-electron chi connectivity index (χ1n) is 4.92. The lowest BCUT2D eigenvalue weighted by Crippen LogP contribution is -2.14. The van der Waals surface area contributed by atoms with Gasteiger partial charge in [-0.2, -0.15) is 0 Å². The Bertz CT molecular complexity index is 375. The van der Waals surface area contributed by atoms with Crippen LogP contribution in [-0.2, 0) is 10.2 Å². The summed E-state index contributed by atoms with van der Waals surface area (Å²) in [6.45, 7) is 4.05. The molecule has 1 heterocycles. The van der Waals surface area contributed by atoms with Crippen molar-refractivity contribution in [2.75, 3.05) is 0 Å². The van der Waals surface area contributed by atoms with E-state index in [1.165, 1.54) is 5.56 Å². The van der Waals surface area contributed by atoms with Crippen LogP contribution in [0.1, 0.15) is 36.2 Å². The van der Waals surface area contributed by atoms with E-state index < -0.39 is 5.97 Å². The van der Waals surface area contributed by atoms with Crippen LogP contribution in [0.4, 0.5) is 0 Å². The average Bonchev–Trinajstić information content (AvgIpc) is 2.72. The summed E-state index contributed by atoms with van der Waals surface area (Å²) in [6, 6.07) is 2.08. The Kier molecular flexibility index (Phi) is 1.91. The highest BCUT2D eigenvalue weighted by Crippen LogP contribution is 2.51. The molecule has 0 saturated heterocycles. The fourth-order valence-corrected chi connectivity index (χ4v) is 2.24. The van der Waals surface area contributed by atoms with E-state index in [2.05, 4.69) is 11.1 Å². The maximum absolute atomic E-state index is 10.7. The van der Waals surface area contributed by atoms with Crippen molar-refractivity contribution in [2.45, 2.75) is 38.5 Å². The third-order valence-corrected chi connectivity index (χ3v) is 3.02. The second-order valence-corrected chi connectivity index (χ2v) is 4.36. The number of rotatable bonds is 3. The number of carbonyl (C=O) groups is 1. The molecule has 0 aromatic carbocycles. The van der Waals surface area contributed by atoms with Gasteiger partial charge in [-0.25, -0.2) is 0 Å². The largest absolute Gasteiger partial charge is 0.481 e. The van der Waals surface area contributed by atoms with Gasteiger partial charge in [-0.1, -0.05) is 0 Å². The van der Waals surface area contributed by atoms with Crippen LogP contribution in [-0.4, -0.2) is 16.1 Å². The lowest BCUT2D eigenvalue weighted by Gasteiger charge is -2.11. The van der Waals surface area contributed by atoms with Gasteiger partial charge in [0.15, 0.2) is 0 Å². The van der Waals surface area contributed by atoms with Crippen molar-refractivity contribution in [3.05, 3.63) is 23.0 Å². The molecule has 76 valence electrons. The number of aromatic nitrogens is 1. The Morgan fingerprint density at radius 3 is 2.57 bits per heavy atom. The van der Waals surface area contributed by atoms with Gasteiger partial charge in [-0.15, -0.1) is 0 Å². The summed E-state index contributed by atoms with van der Waals surface area (Å²) < 4.78 is 0. The molecule has 3 heteroatoms. The van der Waals surface area contributed by atoms with Gasteiger partial charge < -0.3 is 10.1 Å². The summed E-state index contributed by atoms with van der Waals surface area (Å²) in [5.74, 6) is -0.700. The molecule has 0 atom stereocenters. The molecule has 2 N–H and O–H groups in total. The van der Waals surface area contributed by atoms with Crippen molar-refractivity contribution in [1.82, 2.24) is 4.98 Å². The SMILES string of the molecule is Cc1cc(C)c(C2(CC(=O)O)CC2)[nH]1. The molecule has 0 unspecified atom stereocenters. The molecule has 0 aliphatic heterocycles. The Morgan fingerprint density at radius 1 is 1.57 bits per heavy atom. The minimum atomic E-state index is -0.700. The molecule has 1 aliphatic rings. The summed E-state index contributed by atoms with van der Waals surface area (Å²) in [6.07, 6.45) is 2.26. The summed E-state index contributed by atoms with van der Waals surface area (Å²) >= 11 is 0. The molecule has 1 saturated carbocycles. The molecule has 14 heavy (non-hydrogen) atoms. The maximum Gasteiger partial charge on any atom is 0.304 e. The van der Waals surface area contributed by atoms with Gasteiger partial charge in [0.25, 0.3) is 0 Å². The minimum Gasteiger partial charge on any atom is -0.481 e. The van der Waals surface area contributed by atoms with Crippen molar-refractivity contribution in [3.8, 4) is 0 Å². The van der Waals surface area contributed by atoms with Gasteiger partial charge in [-0.3, -0.25) is 4.79 Å². The number of aromatic amines is 1. The number of aryl methyl sites for hydroxylation is 2. The standard InChI is InChI=1S/C11H15NO2/c1-7-5-8(2)12-10(7)11(3-4-11)6-9(13)14/h5,12H,3-4,6H2,1-2H3,(H,13,14). The van der Waals surface area contributed by atoms with Gasteiger partial charge >= 0.3 is 5.97 Å². The molecule has 0 amide bonds. The number of H-pyrrole nitrogens is 1. The van der Waals surface area contributed by atoms with Gasteiger partial charge in [0.2, 0.25) is 0 Å². The van der Waals surface area contributed by atoms with E-state index in [0.29, 0.717) is 0 Å². The van der Waals surface area contributed by atoms with E-state index in [-0.39, 0.29) is 11.8 Å². The van der Waals surface area contributed by atoms with Crippen LogP contribution in [0.3, 0.4) is 0 Å². The van der Waals surface area contributed by atoms with E-state index in [4.69, 9.17) is 5.11 Å². The van der Waals surface area contributed by atoms with Gasteiger partial charge in [0.1, 0.15) is 0 Å². The molecule has 0 radical (unpaired) electrons. The predicted molar refractivity (Wildman–Crippen MR) is 53.4 cm³/mol. The first kappa shape index (κ1) is 9.31. The summed E-state index contributed by atoms with van der Waals surface area (Å²) in [4.78, 5) is 14.0. The summed E-state index contributed by atoms with van der Waals surface area (Å²) in [5.41, 5.74) is 3.37. The quantitative estimate of drug-likeness (QED) is 0.772. The molecule has 1 fully saturated rings. The van der Waals surface area contributed by atoms with Crippen LogP contribution >= 0.6 is 0 Å². The number of nitrogens with one attached hydrogen (secondary N) is 1. The molecule has 1 aromatic heterocycles. The Labute approximate surface area is 83.1 Å². The number of hydrogen-bond donors (Lipinski definition) is 2. The third kappa shape index (κ3) is 1.43. The van der Waals surface area contributed by atoms with Crippen LogP contribution in [0.5, 0.6) is 0 Å². The lowest BCUT2D eigenvalue weighted by molar-refractivity contribution is -0.137. The Morgan fingerprint density at radius 2 is 2.21 bits per heavy atom. The number of carboxylic acid groups (broad SMARTS) is 1. The highest BCUT2D eigenvalue weighted by molar-refractivity contribution is 5.70. The van der Waals surface area contributed by atoms with Crippen LogP contribution in [0.15, 0.2) is 6.07 Å². The molecule has 0 spiro atoms. The normalized spacial score (nSPS) is 18.1. The van der Waals surface area contributed by atoms with Crippen LogP contribution in [0.2, 0.25) is 0 Å². The predicted octanol–water partition coefficient (Wildman–Crippen LogP) is 2.14. The third-order valence-electron chi connectivity index (χ3n) is 3.02. The van der Waals surface area contributed by atoms with Gasteiger partial charge in [-0.05, 0) is 38.3 Å². The average molecular weight is 193 g/mol. The lowest BCUT2D eigenvalue weighted by atomic mass is 9.96. The second kappa shape index (κ2) is 2.87. The first-order valence-corrected chi connectivity index (χ1v) is 4.92. The Hall–Kier alpha value is -1.25. The zero-order valence-corrected chi connectivity index (χ0v) is 8.55. The van der Waals surface area contributed by atoms with Crippen molar-refractivity contribution >= 4 is 5.97 Å². The minimum absolute atomic E-state index is 0.0792. The fourth-order valence-electron chi connectivity index (χ4n) is 2.24. The van der Waals surface area contributed by atoms with E-state index in [1.807, 2.05) is 13.8 Å². The highest BCUT2D eigenvalue weighted by Gasteiger charge is 2.47. The van der Waals surface area contributed by atoms with E-state index >= 15 is 0 Å². The number of aliphatic carboxylic acids is 1. The molecule has 1 aliphatic carbocycles. The van der Waals surface area contributed by atoms with Crippen molar-refractivity contribution in [1.29, 1.82) is 0 Å². The zero-order chi connectivity index (χ0) is 10.3. The molecular formula is C11H15NO2. The first-order chi connectivity index (χ1) is 6.53. The van der Waals surface area contributed by atoms with E-state index in [9.17, 15) is 4.79 Å². The fraction of sp³-hybridized carbons (Fsp3) is 0.545. The molecule has 0 bridgehead atoms. The molecule has 2 rings (SSSR count). The zero-order valence-electron chi connectivity index (χ0n) is 8.55. The van der Waals surface area contributed by atoms with Crippen molar-refractivity contribution < 1.29 is 9.90 Å². The van der Waals surface area contributed by atoms with Gasteiger partial charge in [0, 0.05) is 16.8 Å². The highest BCUT2D eigenvalue weighted by atomic mass is 16.4. The van der Waals surface area contributed by atoms with Gasteiger partial charge in [0.05, 0.1) is 6.42 Å². The molecule has 1 aromatic rings. The topological polar surface area (TPSA) is 53.1 Å². The number of hydrogen-bond acceptors (Lipinski definition) is 1. The molecule has 3 nitrogen and oxygen atoms in total. The monoisotopic (exact) mass is 193 g/mol. The van der Waals surface area contributed by atoms with Crippen molar-refractivity contribution in [3.63, 3.8) is 0 Å². The van der Waals surface area contributed by atoms with Crippen molar-refractivity contribution in [2.24, 2.45) is 0 Å². The smallest absolute Gasteiger partial charge is 0.304 e. The molecular weight excluding hydrogens is 178 g/mol. The number of carboxylic acids is 1. The van der Waals surface area contributed by atoms with Crippen LogP contribution in [0.25, 0.3) is 0 Å². The summed E-state index contributed by atoms with van der Waals surface area (Å²) in [5, 5.41) is 8.83. The second-order valence-electron chi connectivity index (χ2n) is 4.36. The van der Waals surface area contributed by atoms with Crippen LogP contribution in [0, 0.1) is 13.8 Å². The maximum atomic E-state index is 10.7. The van der Waals surface area contributed by atoms with Crippen LogP contribution < -0.4 is 0 Å².